The molecule has 2 N–H and O–H groups in total. The average molecular weight is 264 g/mol. The van der Waals surface area contributed by atoms with Crippen molar-refractivity contribution in [2.45, 2.75) is 25.9 Å². The third-order valence-corrected chi connectivity index (χ3v) is 2.90. The molecule has 0 atom stereocenters. The van der Waals surface area contributed by atoms with Crippen molar-refractivity contribution < 1.29 is 9.90 Å². The molecule has 0 aromatic heterocycles. The lowest BCUT2D eigenvalue weighted by atomic mass is 9.96. The summed E-state index contributed by atoms with van der Waals surface area (Å²) in [6.45, 7) is 5.02. The molecule has 0 aliphatic heterocycles. The Balaban J connectivity index is 2.58. The van der Waals surface area contributed by atoms with E-state index >= 15 is 0 Å². The molecule has 1 rings (SSSR count). The summed E-state index contributed by atoms with van der Waals surface area (Å²) in [7, 11) is 4.02. The van der Waals surface area contributed by atoms with Gasteiger partial charge in [-0.3, -0.25) is 4.79 Å². The minimum atomic E-state index is -0.929. The van der Waals surface area contributed by atoms with E-state index in [1.54, 1.807) is 32.0 Å². The molecule has 0 fully saturated rings. The topological polar surface area (TPSA) is 52.6 Å². The zero-order valence-electron chi connectivity index (χ0n) is 12.2. The standard InChI is InChI=1S/C15H24N2O2/c1-15(2,19)13-8-5-7-12(11-13)14(18)16-9-6-10-17(3)4/h5,7-8,11,19H,6,9-10H2,1-4H3,(H,16,18). The van der Waals surface area contributed by atoms with Gasteiger partial charge < -0.3 is 15.3 Å². The van der Waals surface area contributed by atoms with Crippen molar-refractivity contribution in [2.24, 2.45) is 0 Å². The monoisotopic (exact) mass is 264 g/mol. The normalized spacial score (nSPS) is 11.7. The first-order valence-corrected chi connectivity index (χ1v) is 6.56. The molecule has 0 heterocycles. The van der Waals surface area contributed by atoms with Gasteiger partial charge in [0.2, 0.25) is 0 Å². The van der Waals surface area contributed by atoms with Gasteiger partial charge in [-0.15, -0.1) is 0 Å². The van der Waals surface area contributed by atoms with E-state index in [0.717, 1.165) is 18.5 Å². The maximum Gasteiger partial charge on any atom is 0.251 e. The molecular formula is C15H24N2O2. The van der Waals surface area contributed by atoms with E-state index in [1.165, 1.54) is 0 Å². The summed E-state index contributed by atoms with van der Waals surface area (Å²) < 4.78 is 0. The Morgan fingerprint density at radius 2 is 2.05 bits per heavy atom. The van der Waals surface area contributed by atoms with E-state index in [1.807, 2.05) is 20.2 Å². The predicted octanol–water partition coefficient (Wildman–Crippen LogP) is 1.60. The van der Waals surface area contributed by atoms with E-state index < -0.39 is 5.60 Å². The summed E-state index contributed by atoms with van der Waals surface area (Å²) in [5, 5.41) is 12.8. The Morgan fingerprint density at radius 1 is 1.37 bits per heavy atom. The number of hydrogen-bond donors (Lipinski definition) is 2. The van der Waals surface area contributed by atoms with Crippen LogP contribution in [0.2, 0.25) is 0 Å². The van der Waals surface area contributed by atoms with Gasteiger partial charge in [-0.25, -0.2) is 0 Å². The van der Waals surface area contributed by atoms with Crippen LogP contribution in [0.5, 0.6) is 0 Å². The molecule has 0 aliphatic carbocycles. The van der Waals surface area contributed by atoms with Crippen molar-refractivity contribution in [2.75, 3.05) is 27.2 Å². The number of carbonyl (C=O) groups excluding carboxylic acids is 1. The molecule has 0 bridgehead atoms. The van der Waals surface area contributed by atoms with Crippen LogP contribution in [0.25, 0.3) is 0 Å². The lowest BCUT2D eigenvalue weighted by Gasteiger charge is -2.18. The molecule has 0 saturated heterocycles. The lowest BCUT2D eigenvalue weighted by molar-refractivity contribution is 0.0784. The van der Waals surface area contributed by atoms with E-state index in [4.69, 9.17) is 0 Å². The van der Waals surface area contributed by atoms with Crippen LogP contribution in [0.1, 0.15) is 36.2 Å². The quantitative estimate of drug-likeness (QED) is 0.767. The Bertz CT molecular complexity index is 422. The van der Waals surface area contributed by atoms with Crippen LogP contribution in [0.15, 0.2) is 24.3 Å². The molecule has 1 aromatic carbocycles. The molecule has 0 spiro atoms. The third-order valence-electron chi connectivity index (χ3n) is 2.90. The summed E-state index contributed by atoms with van der Waals surface area (Å²) in [5.74, 6) is -0.0927. The maximum absolute atomic E-state index is 12.0. The summed E-state index contributed by atoms with van der Waals surface area (Å²) in [6, 6.07) is 7.11. The van der Waals surface area contributed by atoms with Crippen molar-refractivity contribution >= 4 is 5.91 Å². The molecule has 0 saturated carbocycles. The van der Waals surface area contributed by atoms with Crippen LogP contribution in [0.4, 0.5) is 0 Å². The first kappa shape index (κ1) is 15.7. The van der Waals surface area contributed by atoms with Gasteiger partial charge in [0.05, 0.1) is 5.60 Å². The van der Waals surface area contributed by atoms with Crippen molar-refractivity contribution in [1.82, 2.24) is 10.2 Å². The van der Waals surface area contributed by atoms with Crippen molar-refractivity contribution in [3.63, 3.8) is 0 Å². The second kappa shape index (κ2) is 6.68. The number of amides is 1. The highest BCUT2D eigenvalue weighted by Crippen LogP contribution is 2.20. The van der Waals surface area contributed by atoms with Crippen LogP contribution >= 0.6 is 0 Å². The number of aliphatic hydroxyl groups is 1. The smallest absolute Gasteiger partial charge is 0.251 e. The molecule has 4 nitrogen and oxygen atoms in total. The number of benzene rings is 1. The van der Waals surface area contributed by atoms with E-state index in [2.05, 4.69) is 10.2 Å². The molecule has 1 aromatic rings. The van der Waals surface area contributed by atoms with Crippen LogP contribution in [-0.4, -0.2) is 43.1 Å². The highest BCUT2D eigenvalue weighted by Gasteiger charge is 2.17. The highest BCUT2D eigenvalue weighted by molar-refractivity contribution is 5.94. The number of rotatable bonds is 6. The van der Waals surface area contributed by atoms with E-state index in [9.17, 15) is 9.90 Å². The molecular weight excluding hydrogens is 240 g/mol. The molecule has 0 aliphatic rings. The zero-order valence-corrected chi connectivity index (χ0v) is 12.2. The predicted molar refractivity (Wildman–Crippen MR) is 77.2 cm³/mol. The van der Waals surface area contributed by atoms with Gasteiger partial charge in [0, 0.05) is 12.1 Å². The Labute approximate surface area is 115 Å². The fourth-order valence-corrected chi connectivity index (χ4v) is 1.74. The largest absolute Gasteiger partial charge is 0.386 e. The lowest BCUT2D eigenvalue weighted by Crippen LogP contribution is -2.27. The minimum Gasteiger partial charge on any atom is -0.386 e. The van der Waals surface area contributed by atoms with E-state index in [-0.39, 0.29) is 5.91 Å². The van der Waals surface area contributed by atoms with Crippen LogP contribution in [-0.2, 0) is 5.60 Å². The van der Waals surface area contributed by atoms with Gasteiger partial charge >= 0.3 is 0 Å². The Kier molecular flexibility index (Phi) is 5.51. The average Bonchev–Trinajstić information content (AvgIpc) is 2.33. The summed E-state index contributed by atoms with van der Waals surface area (Å²) in [4.78, 5) is 14.0. The van der Waals surface area contributed by atoms with Gasteiger partial charge in [-0.05, 0) is 58.6 Å². The molecule has 0 radical (unpaired) electrons. The van der Waals surface area contributed by atoms with E-state index in [0.29, 0.717) is 12.1 Å². The van der Waals surface area contributed by atoms with Crippen LogP contribution in [0.3, 0.4) is 0 Å². The highest BCUT2D eigenvalue weighted by atomic mass is 16.3. The van der Waals surface area contributed by atoms with Crippen molar-refractivity contribution in [3.8, 4) is 0 Å². The Hall–Kier alpha value is -1.39. The van der Waals surface area contributed by atoms with Gasteiger partial charge in [0.15, 0.2) is 0 Å². The number of carbonyl (C=O) groups is 1. The van der Waals surface area contributed by atoms with Gasteiger partial charge in [-0.2, -0.15) is 0 Å². The van der Waals surface area contributed by atoms with Gasteiger partial charge in [0.25, 0.3) is 5.91 Å². The molecule has 106 valence electrons. The molecule has 1 amide bonds. The first-order chi connectivity index (χ1) is 8.80. The third kappa shape index (κ3) is 5.41. The second-order valence-electron chi connectivity index (χ2n) is 5.55. The molecule has 19 heavy (non-hydrogen) atoms. The number of nitrogens with one attached hydrogen (secondary N) is 1. The van der Waals surface area contributed by atoms with Gasteiger partial charge in [0.1, 0.15) is 0 Å². The zero-order chi connectivity index (χ0) is 14.5. The molecule has 4 heteroatoms. The number of nitrogens with zero attached hydrogens (tertiary/aromatic N) is 1. The van der Waals surface area contributed by atoms with Gasteiger partial charge in [-0.1, -0.05) is 12.1 Å². The van der Waals surface area contributed by atoms with Crippen LogP contribution < -0.4 is 5.32 Å². The number of hydrogen-bond acceptors (Lipinski definition) is 3. The minimum absolute atomic E-state index is 0.0927. The summed E-state index contributed by atoms with van der Waals surface area (Å²) >= 11 is 0. The molecule has 0 unspecified atom stereocenters. The maximum atomic E-state index is 12.0. The van der Waals surface area contributed by atoms with Crippen molar-refractivity contribution in [3.05, 3.63) is 35.4 Å². The van der Waals surface area contributed by atoms with Crippen molar-refractivity contribution in [1.29, 1.82) is 0 Å². The van der Waals surface area contributed by atoms with Crippen LogP contribution in [0, 0.1) is 0 Å². The summed E-state index contributed by atoms with van der Waals surface area (Å²) in [5.41, 5.74) is 0.402. The first-order valence-electron chi connectivity index (χ1n) is 6.56. The second-order valence-corrected chi connectivity index (χ2v) is 5.55. The summed E-state index contributed by atoms with van der Waals surface area (Å²) in [6.07, 6.45) is 0.921. The Morgan fingerprint density at radius 3 is 2.63 bits per heavy atom. The fraction of sp³-hybridized carbons (Fsp3) is 0.533. The SMILES string of the molecule is CN(C)CCCNC(=O)c1cccc(C(C)(C)O)c1. The fourth-order valence-electron chi connectivity index (χ4n) is 1.74.